The molecule has 1 nitrogen and oxygen atoms in total. The summed E-state index contributed by atoms with van der Waals surface area (Å²) in [7, 11) is 0. The molecule has 0 aromatic heterocycles. The smallest absolute Gasteiger partial charge is 0.149 e. The van der Waals surface area contributed by atoms with Crippen LogP contribution in [0.1, 0.15) is 18.5 Å². The fraction of sp³-hybridized carbons (Fsp3) is 0.143. The lowest BCUT2D eigenvalue weighted by Crippen LogP contribution is -2.10. The molecule has 0 fully saturated rings. The van der Waals surface area contributed by atoms with Crippen LogP contribution >= 0.6 is 0 Å². The van der Waals surface area contributed by atoms with Crippen LogP contribution in [-0.2, 0) is 0 Å². The molecule has 2 rings (SSSR count). The van der Waals surface area contributed by atoms with E-state index in [0.29, 0.717) is 0 Å². The van der Waals surface area contributed by atoms with Gasteiger partial charge in [0.2, 0.25) is 0 Å². The van der Waals surface area contributed by atoms with Gasteiger partial charge in [0.15, 0.2) is 0 Å². The van der Waals surface area contributed by atoms with Crippen molar-refractivity contribution in [2.45, 2.75) is 13.0 Å². The Morgan fingerprint density at radius 3 is 1.95 bits per heavy atom. The lowest BCUT2D eigenvalue weighted by Gasteiger charge is -2.17. The van der Waals surface area contributed by atoms with Crippen molar-refractivity contribution < 1.29 is 17.6 Å². The van der Waals surface area contributed by atoms with Crippen LogP contribution in [0.2, 0.25) is 0 Å². The van der Waals surface area contributed by atoms with E-state index in [1.807, 2.05) is 0 Å². The standard InChI is InChI=1S/C14H11F4N/c1-8(9-5-10(15)7-11(16)6-9)19-14-12(17)3-2-4-13(14)18/h2-8,19H,1H3. The molecule has 0 bridgehead atoms. The van der Waals surface area contributed by atoms with E-state index in [1.54, 1.807) is 6.92 Å². The molecule has 2 aromatic rings. The maximum Gasteiger partial charge on any atom is 0.149 e. The first-order valence-corrected chi connectivity index (χ1v) is 5.64. The Hall–Kier alpha value is -2.04. The van der Waals surface area contributed by atoms with Gasteiger partial charge in [-0.3, -0.25) is 0 Å². The van der Waals surface area contributed by atoms with E-state index in [4.69, 9.17) is 0 Å². The second-order valence-corrected chi connectivity index (χ2v) is 4.17. The Morgan fingerprint density at radius 2 is 1.42 bits per heavy atom. The molecule has 5 heteroatoms. The maximum absolute atomic E-state index is 13.4. The normalized spacial score (nSPS) is 12.3. The number of nitrogens with one attached hydrogen (secondary N) is 1. The molecule has 1 atom stereocenters. The van der Waals surface area contributed by atoms with E-state index in [9.17, 15) is 17.6 Å². The average Bonchev–Trinajstić information content (AvgIpc) is 2.32. The van der Waals surface area contributed by atoms with Crippen molar-refractivity contribution >= 4 is 5.69 Å². The monoisotopic (exact) mass is 269 g/mol. The Balaban J connectivity index is 2.28. The van der Waals surface area contributed by atoms with Gasteiger partial charge in [0, 0.05) is 12.1 Å². The second-order valence-electron chi connectivity index (χ2n) is 4.17. The van der Waals surface area contributed by atoms with E-state index < -0.39 is 29.3 Å². The summed E-state index contributed by atoms with van der Waals surface area (Å²) < 4.78 is 53.0. The number of rotatable bonds is 3. The molecule has 1 unspecified atom stereocenters. The number of hydrogen-bond donors (Lipinski definition) is 1. The molecule has 0 aliphatic heterocycles. The summed E-state index contributed by atoms with van der Waals surface area (Å²) in [4.78, 5) is 0. The number of benzene rings is 2. The summed E-state index contributed by atoms with van der Waals surface area (Å²) in [5.74, 6) is -3.00. The predicted molar refractivity (Wildman–Crippen MR) is 64.8 cm³/mol. The highest BCUT2D eigenvalue weighted by atomic mass is 19.1. The van der Waals surface area contributed by atoms with Gasteiger partial charge in [-0.25, -0.2) is 17.6 Å². The summed E-state index contributed by atoms with van der Waals surface area (Å²) >= 11 is 0. The van der Waals surface area contributed by atoms with Gasteiger partial charge in [-0.1, -0.05) is 6.07 Å². The molecular formula is C14H11F4N. The summed E-state index contributed by atoms with van der Waals surface area (Å²) in [6, 6.07) is 5.76. The van der Waals surface area contributed by atoms with Crippen LogP contribution in [-0.4, -0.2) is 0 Å². The summed E-state index contributed by atoms with van der Waals surface area (Å²) in [5.41, 5.74) is -0.0557. The molecule has 2 aromatic carbocycles. The lowest BCUT2D eigenvalue weighted by atomic mass is 10.1. The van der Waals surface area contributed by atoms with Gasteiger partial charge in [0.05, 0.1) is 0 Å². The Morgan fingerprint density at radius 1 is 0.895 bits per heavy atom. The quantitative estimate of drug-likeness (QED) is 0.813. The second kappa shape index (κ2) is 5.30. The van der Waals surface area contributed by atoms with Crippen LogP contribution in [0.15, 0.2) is 36.4 Å². The Bertz CT molecular complexity index is 557. The summed E-state index contributed by atoms with van der Waals surface area (Å²) in [6.07, 6.45) is 0. The van der Waals surface area contributed by atoms with Crippen molar-refractivity contribution in [1.29, 1.82) is 0 Å². The van der Waals surface area contributed by atoms with E-state index in [0.717, 1.165) is 30.3 Å². The SMILES string of the molecule is CC(Nc1c(F)cccc1F)c1cc(F)cc(F)c1. The number of halogens is 4. The third-order valence-corrected chi connectivity index (χ3v) is 2.71. The fourth-order valence-corrected chi connectivity index (χ4v) is 1.76. The molecule has 0 amide bonds. The van der Waals surface area contributed by atoms with E-state index in [-0.39, 0.29) is 11.3 Å². The fourth-order valence-electron chi connectivity index (χ4n) is 1.76. The zero-order chi connectivity index (χ0) is 14.0. The van der Waals surface area contributed by atoms with Crippen molar-refractivity contribution in [2.24, 2.45) is 0 Å². The third kappa shape index (κ3) is 3.05. The van der Waals surface area contributed by atoms with Crippen molar-refractivity contribution in [1.82, 2.24) is 0 Å². The van der Waals surface area contributed by atoms with Gasteiger partial charge in [-0.15, -0.1) is 0 Å². The van der Waals surface area contributed by atoms with Crippen LogP contribution in [0, 0.1) is 23.3 Å². The highest BCUT2D eigenvalue weighted by Gasteiger charge is 2.14. The summed E-state index contributed by atoms with van der Waals surface area (Å²) in [5, 5.41) is 2.57. The Kier molecular flexibility index (Phi) is 3.74. The molecular weight excluding hydrogens is 258 g/mol. The molecule has 100 valence electrons. The van der Waals surface area contributed by atoms with Crippen LogP contribution in [0.4, 0.5) is 23.2 Å². The molecule has 0 radical (unpaired) electrons. The zero-order valence-electron chi connectivity index (χ0n) is 10.1. The molecule has 1 N–H and O–H groups in total. The van der Waals surface area contributed by atoms with Gasteiger partial charge in [0.1, 0.15) is 29.0 Å². The van der Waals surface area contributed by atoms with Crippen molar-refractivity contribution in [3.63, 3.8) is 0 Å². The van der Waals surface area contributed by atoms with Crippen molar-refractivity contribution in [2.75, 3.05) is 5.32 Å². The number of para-hydroxylation sites is 1. The van der Waals surface area contributed by atoms with Crippen molar-refractivity contribution in [3.8, 4) is 0 Å². The van der Waals surface area contributed by atoms with Gasteiger partial charge < -0.3 is 5.32 Å². The zero-order valence-corrected chi connectivity index (χ0v) is 10.1. The first-order valence-electron chi connectivity index (χ1n) is 5.64. The van der Waals surface area contributed by atoms with Gasteiger partial charge in [-0.2, -0.15) is 0 Å². The van der Waals surface area contributed by atoms with Crippen LogP contribution in [0.25, 0.3) is 0 Å². The highest BCUT2D eigenvalue weighted by molar-refractivity contribution is 5.48. The largest absolute Gasteiger partial charge is 0.374 e. The summed E-state index contributed by atoms with van der Waals surface area (Å²) in [6.45, 7) is 1.56. The predicted octanol–water partition coefficient (Wildman–Crippen LogP) is 4.42. The third-order valence-electron chi connectivity index (χ3n) is 2.71. The Labute approximate surface area is 107 Å². The minimum atomic E-state index is -0.760. The maximum atomic E-state index is 13.4. The van der Waals surface area contributed by atoms with E-state index in [2.05, 4.69) is 5.32 Å². The average molecular weight is 269 g/mol. The molecule has 0 spiro atoms. The minimum absolute atomic E-state index is 0.264. The number of hydrogen-bond acceptors (Lipinski definition) is 1. The number of anilines is 1. The molecule has 0 saturated carbocycles. The molecule has 0 aliphatic carbocycles. The molecule has 19 heavy (non-hydrogen) atoms. The lowest BCUT2D eigenvalue weighted by molar-refractivity contribution is 0.574. The van der Waals surface area contributed by atoms with Gasteiger partial charge >= 0.3 is 0 Å². The van der Waals surface area contributed by atoms with Crippen LogP contribution in [0.5, 0.6) is 0 Å². The first kappa shape index (κ1) is 13.4. The van der Waals surface area contributed by atoms with Crippen molar-refractivity contribution in [3.05, 3.63) is 65.2 Å². The first-order chi connectivity index (χ1) is 8.97. The van der Waals surface area contributed by atoms with E-state index in [1.165, 1.54) is 6.07 Å². The minimum Gasteiger partial charge on any atom is -0.374 e. The van der Waals surface area contributed by atoms with Crippen LogP contribution < -0.4 is 5.32 Å². The van der Waals surface area contributed by atoms with E-state index >= 15 is 0 Å². The molecule has 0 aliphatic rings. The molecule has 0 heterocycles. The molecule has 0 saturated heterocycles. The van der Waals surface area contributed by atoms with Crippen LogP contribution in [0.3, 0.4) is 0 Å². The van der Waals surface area contributed by atoms with Gasteiger partial charge in [-0.05, 0) is 36.8 Å². The van der Waals surface area contributed by atoms with Gasteiger partial charge in [0.25, 0.3) is 0 Å². The topological polar surface area (TPSA) is 12.0 Å². The highest BCUT2D eigenvalue weighted by Crippen LogP contribution is 2.25.